The first-order valence-electron chi connectivity index (χ1n) is 11.9. The summed E-state index contributed by atoms with van der Waals surface area (Å²) >= 11 is 5.94. The second-order valence-electron chi connectivity index (χ2n) is 9.68. The van der Waals surface area contributed by atoms with Crippen LogP contribution in [0.3, 0.4) is 0 Å². The lowest BCUT2D eigenvalue weighted by molar-refractivity contribution is -0.137. The van der Waals surface area contributed by atoms with Gasteiger partial charge in [0.1, 0.15) is 0 Å². The molecule has 1 aliphatic heterocycles. The Morgan fingerprint density at radius 3 is 2.30 bits per heavy atom. The minimum Gasteiger partial charge on any atom is -0.350 e. The number of nitrogens with zero attached hydrogens (tertiary/aromatic N) is 2. The summed E-state index contributed by atoms with van der Waals surface area (Å²) in [5.74, 6) is -3.51. The molecule has 212 valence electrons. The van der Waals surface area contributed by atoms with Gasteiger partial charge in [0.2, 0.25) is 15.9 Å². The van der Waals surface area contributed by atoms with E-state index in [-0.39, 0.29) is 73.6 Å². The van der Waals surface area contributed by atoms with Crippen molar-refractivity contribution in [2.24, 2.45) is 0 Å². The van der Waals surface area contributed by atoms with Gasteiger partial charge >= 0.3 is 6.18 Å². The molecule has 1 aromatic carbocycles. The number of halogens is 7. The third kappa shape index (κ3) is 7.46. The van der Waals surface area contributed by atoms with E-state index in [9.17, 15) is 35.2 Å². The van der Waals surface area contributed by atoms with Crippen molar-refractivity contribution in [1.29, 1.82) is 0 Å². The van der Waals surface area contributed by atoms with Gasteiger partial charge in [-0.25, -0.2) is 17.2 Å². The normalized spacial score (nSPS) is 22.8. The van der Waals surface area contributed by atoms with Crippen LogP contribution in [0.15, 0.2) is 18.2 Å². The maximum absolute atomic E-state index is 14.0. The molecule has 0 spiro atoms. The van der Waals surface area contributed by atoms with Crippen LogP contribution in [0.2, 0.25) is 5.02 Å². The molecule has 0 bridgehead atoms. The lowest BCUT2D eigenvalue weighted by Gasteiger charge is -2.52. The molecule has 0 radical (unpaired) electrons. The number of amides is 1. The van der Waals surface area contributed by atoms with E-state index in [4.69, 9.17) is 11.6 Å². The lowest BCUT2D eigenvalue weighted by Crippen LogP contribution is -2.65. The average molecular weight is 596 g/mol. The number of alkyl halides is 5. The van der Waals surface area contributed by atoms with Gasteiger partial charge in [0, 0.05) is 50.6 Å². The SMILES string of the molecule is CCCS(=O)(=O)N1CCN(C2(CNC(=O)c3ccc(C(F)(F)F)cc3Cl)CCC(F)(F)CC2)CC1C.Cl. The van der Waals surface area contributed by atoms with Crippen LogP contribution >= 0.6 is 24.0 Å². The highest BCUT2D eigenvalue weighted by molar-refractivity contribution is 7.89. The van der Waals surface area contributed by atoms with Gasteiger partial charge in [0.15, 0.2) is 0 Å². The smallest absolute Gasteiger partial charge is 0.350 e. The van der Waals surface area contributed by atoms with Crippen LogP contribution in [-0.2, 0) is 16.2 Å². The summed E-state index contributed by atoms with van der Waals surface area (Å²) in [5, 5.41) is 2.32. The van der Waals surface area contributed by atoms with Gasteiger partial charge in [-0.3, -0.25) is 9.69 Å². The molecule has 1 heterocycles. The van der Waals surface area contributed by atoms with Crippen molar-refractivity contribution in [1.82, 2.24) is 14.5 Å². The topological polar surface area (TPSA) is 69.7 Å². The number of carbonyl (C=O) groups excluding carboxylic acids is 1. The maximum Gasteiger partial charge on any atom is 0.416 e. The summed E-state index contributed by atoms with van der Waals surface area (Å²) in [4.78, 5) is 14.8. The van der Waals surface area contributed by atoms with Crippen molar-refractivity contribution in [2.75, 3.05) is 31.9 Å². The molecule has 6 nitrogen and oxygen atoms in total. The zero-order valence-electron chi connectivity index (χ0n) is 20.6. The highest BCUT2D eigenvalue weighted by atomic mass is 35.5. The lowest BCUT2D eigenvalue weighted by atomic mass is 9.77. The first kappa shape index (κ1) is 32.0. The van der Waals surface area contributed by atoms with E-state index in [2.05, 4.69) is 5.32 Å². The van der Waals surface area contributed by atoms with E-state index >= 15 is 0 Å². The Balaban J connectivity index is 0.00000481. The average Bonchev–Trinajstić information content (AvgIpc) is 2.77. The third-order valence-corrected chi connectivity index (χ3v) is 9.58. The zero-order valence-corrected chi connectivity index (χ0v) is 23.0. The molecule has 1 aliphatic carbocycles. The Hall–Kier alpha value is -1.21. The van der Waals surface area contributed by atoms with Gasteiger partial charge in [-0.1, -0.05) is 18.5 Å². The van der Waals surface area contributed by atoms with Gasteiger partial charge in [0.05, 0.1) is 21.9 Å². The van der Waals surface area contributed by atoms with E-state index in [0.29, 0.717) is 25.6 Å². The highest BCUT2D eigenvalue weighted by Gasteiger charge is 2.48. The quantitative estimate of drug-likeness (QED) is 0.440. The Morgan fingerprint density at radius 1 is 1.16 bits per heavy atom. The van der Waals surface area contributed by atoms with Crippen LogP contribution in [0.4, 0.5) is 22.0 Å². The van der Waals surface area contributed by atoms with E-state index in [1.807, 2.05) is 4.90 Å². The molecule has 1 amide bonds. The number of nitrogens with one attached hydrogen (secondary N) is 1. The van der Waals surface area contributed by atoms with Gasteiger partial charge in [-0.15, -0.1) is 12.4 Å². The maximum atomic E-state index is 14.0. The van der Waals surface area contributed by atoms with Gasteiger partial charge in [0.25, 0.3) is 5.91 Å². The Morgan fingerprint density at radius 2 is 1.78 bits per heavy atom. The number of hydrogen-bond donors (Lipinski definition) is 1. The molecule has 1 N–H and O–H groups in total. The zero-order chi connectivity index (χ0) is 26.9. The highest BCUT2D eigenvalue weighted by Crippen LogP contribution is 2.42. The van der Waals surface area contributed by atoms with E-state index in [1.54, 1.807) is 13.8 Å². The molecule has 1 unspecified atom stereocenters. The molecular weight excluding hydrogens is 564 g/mol. The summed E-state index contributed by atoms with van der Waals surface area (Å²) < 4.78 is 93.5. The molecular formula is C23H32Cl2F5N3O3S. The predicted octanol–water partition coefficient (Wildman–Crippen LogP) is 5.20. The fourth-order valence-corrected chi connectivity index (χ4v) is 7.05. The molecule has 1 saturated heterocycles. The molecule has 0 aromatic heterocycles. The third-order valence-electron chi connectivity index (χ3n) is 7.09. The molecule has 2 aliphatic rings. The minimum atomic E-state index is -4.61. The summed E-state index contributed by atoms with van der Waals surface area (Å²) in [5.41, 5.74) is -1.98. The first-order chi connectivity index (χ1) is 16.6. The number of piperazine rings is 1. The standard InChI is InChI=1S/C23H31ClF5N3O3S.ClH/c1-3-12-36(34,35)32-11-10-31(14-16(32)2)21(6-8-22(25,26)9-7-21)15-30-20(33)18-5-4-17(13-19(18)24)23(27,28)29;/h4-5,13,16H,3,6-12,14-15H2,1-2H3,(H,30,33);1H. The molecule has 14 heteroatoms. The number of rotatable bonds is 7. The number of sulfonamides is 1. The fourth-order valence-electron chi connectivity index (χ4n) is 5.06. The largest absolute Gasteiger partial charge is 0.416 e. The monoisotopic (exact) mass is 595 g/mol. The van der Waals surface area contributed by atoms with Crippen molar-refractivity contribution in [2.45, 2.75) is 69.6 Å². The van der Waals surface area contributed by atoms with E-state index in [1.165, 1.54) is 4.31 Å². The fraction of sp³-hybridized carbons (Fsp3) is 0.696. The van der Waals surface area contributed by atoms with E-state index in [0.717, 1.165) is 12.1 Å². The van der Waals surface area contributed by atoms with Crippen molar-refractivity contribution < 1.29 is 35.2 Å². The number of carbonyl (C=O) groups is 1. The Kier molecular flexibility index (Phi) is 10.3. The summed E-state index contributed by atoms with van der Waals surface area (Å²) in [6.07, 6.45) is -4.74. The molecule has 1 saturated carbocycles. The molecule has 3 rings (SSSR count). The first-order valence-corrected chi connectivity index (χ1v) is 13.9. The van der Waals surface area contributed by atoms with Crippen LogP contribution < -0.4 is 5.32 Å². The van der Waals surface area contributed by atoms with Crippen LogP contribution in [-0.4, -0.2) is 73.0 Å². The van der Waals surface area contributed by atoms with Gasteiger partial charge in [-0.05, 0) is 44.4 Å². The van der Waals surface area contributed by atoms with E-state index < -0.39 is 39.1 Å². The van der Waals surface area contributed by atoms with Crippen molar-refractivity contribution in [3.8, 4) is 0 Å². The van der Waals surface area contributed by atoms with Crippen LogP contribution in [0.25, 0.3) is 0 Å². The number of hydrogen-bond acceptors (Lipinski definition) is 4. The van der Waals surface area contributed by atoms with Crippen molar-refractivity contribution in [3.63, 3.8) is 0 Å². The Bertz CT molecular complexity index is 1060. The summed E-state index contributed by atoms with van der Waals surface area (Å²) in [6.45, 7) is 4.36. The Labute approximate surface area is 225 Å². The molecule has 1 aromatic rings. The molecule has 2 fully saturated rings. The molecule has 1 atom stereocenters. The predicted molar refractivity (Wildman–Crippen MR) is 134 cm³/mol. The second kappa shape index (κ2) is 11.9. The second-order valence-corrected chi connectivity index (χ2v) is 12.1. The van der Waals surface area contributed by atoms with Crippen LogP contribution in [0.1, 0.15) is 61.9 Å². The minimum absolute atomic E-state index is 0. The van der Waals surface area contributed by atoms with Gasteiger partial charge < -0.3 is 5.32 Å². The van der Waals surface area contributed by atoms with Crippen molar-refractivity contribution >= 4 is 39.9 Å². The van der Waals surface area contributed by atoms with Crippen LogP contribution in [0.5, 0.6) is 0 Å². The van der Waals surface area contributed by atoms with Crippen molar-refractivity contribution in [3.05, 3.63) is 34.3 Å². The number of benzene rings is 1. The summed E-state index contributed by atoms with van der Waals surface area (Å²) in [6, 6.07) is 2.04. The van der Waals surface area contributed by atoms with Gasteiger partial charge in [-0.2, -0.15) is 17.5 Å². The van der Waals surface area contributed by atoms with Crippen LogP contribution in [0, 0.1) is 0 Å². The summed E-state index contributed by atoms with van der Waals surface area (Å²) in [7, 11) is -3.43. The molecule has 37 heavy (non-hydrogen) atoms.